The van der Waals surface area contributed by atoms with Crippen LogP contribution in [-0.4, -0.2) is 24.5 Å². The molecule has 1 heterocycles. The molecule has 0 aromatic rings. The minimum atomic E-state index is 0.935. The molecule has 12 heavy (non-hydrogen) atoms. The summed E-state index contributed by atoms with van der Waals surface area (Å²) in [6, 6.07) is 0. The molecule has 2 atom stereocenters. The molecule has 0 amide bonds. The van der Waals surface area contributed by atoms with Crippen molar-refractivity contribution in [3.05, 3.63) is 0 Å². The Morgan fingerprint density at radius 1 is 1.17 bits per heavy atom. The van der Waals surface area contributed by atoms with Crippen LogP contribution in [0.25, 0.3) is 0 Å². The second-order valence-corrected chi connectivity index (χ2v) is 3.50. The van der Waals surface area contributed by atoms with Crippen LogP contribution in [0.3, 0.4) is 0 Å². The fourth-order valence-corrected chi connectivity index (χ4v) is 1.93. The molecule has 1 aliphatic heterocycles. The summed E-state index contributed by atoms with van der Waals surface area (Å²) in [6.45, 7) is 14.8. The number of nitrogens with zero attached hydrogens (tertiary/aromatic N) is 1. The lowest BCUT2D eigenvalue weighted by Crippen LogP contribution is -2.19. The van der Waals surface area contributed by atoms with E-state index < -0.39 is 0 Å². The highest BCUT2D eigenvalue weighted by molar-refractivity contribution is 4.79. The third-order valence-corrected chi connectivity index (χ3v) is 2.82. The maximum atomic E-state index is 2.55. The van der Waals surface area contributed by atoms with Crippen LogP contribution < -0.4 is 0 Å². The molecule has 1 heteroatoms. The Morgan fingerprint density at radius 3 is 2.00 bits per heavy atom. The van der Waals surface area contributed by atoms with Gasteiger partial charge >= 0.3 is 0 Å². The summed E-state index contributed by atoms with van der Waals surface area (Å²) in [6.07, 6.45) is 1.36. The summed E-state index contributed by atoms with van der Waals surface area (Å²) in [5, 5.41) is 0. The zero-order valence-electron chi connectivity index (χ0n) is 9.43. The van der Waals surface area contributed by atoms with Gasteiger partial charge < -0.3 is 4.90 Å². The molecule has 0 saturated carbocycles. The number of rotatable bonds is 2. The summed E-state index contributed by atoms with van der Waals surface area (Å²) in [4.78, 5) is 2.55. The van der Waals surface area contributed by atoms with Crippen LogP contribution in [0.2, 0.25) is 0 Å². The average molecular weight is 171 g/mol. The Balaban J connectivity index is 0.000000561. The molecule has 74 valence electrons. The third-order valence-electron chi connectivity index (χ3n) is 2.82. The smallest absolute Gasteiger partial charge is 0.00126 e. The maximum Gasteiger partial charge on any atom is 0.00126 e. The molecule has 0 N–H and O–H groups in total. The summed E-state index contributed by atoms with van der Waals surface area (Å²) in [7, 11) is 0. The Labute approximate surface area is 78.1 Å². The van der Waals surface area contributed by atoms with Gasteiger partial charge in [-0.2, -0.15) is 0 Å². The van der Waals surface area contributed by atoms with Crippen molar-refractivity contribution < 1.29 is 0 Å². The van der Waals surface area contributed by atoms with E-state index in [0.717, 1.165) is 11.8 Å². The summed E-state index contributed by atoms with van der Waals surface area (Å²) in [5.74, 6) is 1.91. The van der Waals surface area contributed by atoms with Gasteiger partial charge in [0.1, 0.15) is 0 Å². The Bertz CT molecular complexity index is 101. The van der Waals surface area contributed by atoms with E-state index in [-0.39, 0.29) is 0 Å². The van der Waals surface area contributed by atoms with Gasteiger partial charge in [-0.05, 0) is 18.4 Å². The molecule has 0 aliphatic carbocycles. The topological polar surface area (TPSA) is 3.24 Å². The summed E-state index contributed by atoms with van der Waals surface area (Å²) < 4.78 is 0. The van der Waals surface area contributed by atoms with Crippen LogP contribution in [0.15, 0.2) is 0 Å². The van der Waals surface area contributed by atoms with E-state index in [1.807, 2.05) is 13.8 Å². The van der Waals surface area contributed by atoms with Gasteiger partial charge in [0, 0.05) is 13.1 Å². The normalized spacial score (nSPS) is 29.8. The molecule has 0 aromatic carbocycles. The Hall–Kier alpha value is -0.0400. The van der Waals surface area contributed by atoms with Crippen molar-refractivity contribution in [2.24, 2.45) is 11.8 Å². The highest BCUT2D eigenvalue weighted by Crippen LogP contribution is 2.24. The molecule has 0 radical (unpaired) electrons. The van der Waals surface area contributed by atoms with Crippen LogP contribution in [0, 0.1) is 11.8 Å². The summed E-state index contributed by atoms with van der Waals surface area (Å²) in [5.41, 5.74) is 0. The highest BCUT2D eigenvalue weighted by Gasteiger charge is 2.26. The fourth-order valence-electron chi connectivity index (χ4n) is 1.93. The Kier molecular flexibility index (Phi) is 6.45. The third kappa shape index (κ3) is 3.14. The lowest BCUT2D eigenvalue weighted by atomic mass is 9.96. The Morgan fingerprint density at radius 2 is 1.75 bits per heavy atom. The van der Waals surface area contributed by atoms with Gasteiger partial charge in [0.2, 0.25) is 0 Å². The number of likely N-dealkylation sites (tertiary alicyclic amines) is 1. The second-order valence-electron chi connectivity index (χ2n) is 3.50. The van der Waals surface area contributed by atoms with Gasteiger partial charge in [-0.1, -0.05) is 41.0 Å². The first kappa shape index (κ1) is 12.0. The minimum Gasteiger partial charge on any atom is -0.303 e. The van der Waals surface area contributed by atoms with Crippen molar-refractivity contribution in [2.45, 2.75) is 41.0 Å². The zero-order valence-corrected chi connectivity index (χ0v) is 9.43. The first-order valence-corrected chi connectivity index (χ1v) is 5.50. The van der Waals surface area contributed by atoms with Gasteiger partial charge in [0.05, 0.1) is 0 Å². The van der Waals surface area contributed by atoms with E-state index in [1.54, 1.807) is 0 Å². The van der Waals surface area contributed by atoms with E-state index in [4.69, 9.17) is 0 Å². The fraction of sp³-hybridized carbons (Fsp3) is 1.00. The van der Waals surface area contributed by atoms with E-state index in [0.29, 0.717) is 0 Å². The highest BCUT2D eigenvalue weighted by atomic mass is 15.1. The van der Waals surface area contributed by atoms with Crippen molar-refractivity contribution in [3.8, 4) is 0 Å². The molecule has 1 fully saturated rings. The molecule has 0 spiro atoms. The molecule has 1 saturated heterocycles. The van der Waals surface area contributed by atoms with Gasteiger partial charge in [-0.3, -0.25) is 0 Å². The standard InChI is InChI=1S/C9H19N.C2H6/c1-4-9-7-10(5-2)6-8(9)3;1-2/h8-9H,4-7H2,1-3H3;1-2H3. The molecule has 0 bridgehead atoms. The van der Waals surface area contributed by atoms with Gasteiger partial charge in [-0.25, -0.2) is 0 Å². The molecule has 1 aliphatic rings. The van der Waals surface area contributed by atoms with E-state index in [1.165, 1.54) is 26.1 Å². The SMILES string of the molecule is CC.CCC1CN(CC)CC1C. The second kappa shape index (κ2) is 6.47. The van der Waals surface area contributed by atoms with Crippen molar-refractivity contribution in [3.63, 3.8) is 0 Å². The van der Waals surface area contributed by atoms with Crippen molar-refractivity contribution in [1.82, 2.24) is 4.90 Å². The maximum absolute atomic E-state index is 2.55. The van der Waals surface area contributed by atoms with Crippen molar-refractivity contribution in [1.29, 1.82) is 0 Å². The minimum absolute atomic E-state index is 0.935. The molecular weight excluding hydrogens is 146 g/mol. The van der Waals surface area contributed by atoms with Crippen LogP contribution in [-0.2, 0) is 0 Å². The van der Waals surface area contributed by atoms with Crippen LogP contribution in [0.4, 0.5) is 0 Å². The molecule has 2 unspecified atom stereocenters. The lowest BCUT2D eigenvalue weighted by Gasteiger charge is -2.11. The van der Waals surface area contributed by atoms with Gasteiger partial charge in [0.15, 0.2) is 0 Å². The molecule has 1 rings (SSSR count). The quantitative estimate of drug-likeness (QED) is 0.617. The summed E-state index contributed by atoms with van der Waals surface area (Å²) >= 11 is 0. The molecular formula is C11H25N. The van der Waals surface area contributed by atoms with Gasteiger partial charge in [-0.15, -0.1) is 0 Å². The van der Waals surface area contributed by atoms with Crippen molar-refractivity contribution >= 4 is 0 Å². The van der Waals surface area contributed by atoms with Crippen LogP contribution in [0.5, 0.6) is 0 Å². The van der Waals surface area contributed by atoms with Gasteiger partial charge in [0.25, 0.3) is 0 Å². The predicted octanol–water partition coefficient (Wildman–Crippen LogP) is 3.01. The monoisotopic (exact) mass is 171 g/mol. The van der Waals surface area contributed by atoms with E-state index >= 15 is 0 Å². The number of hydrogen-bond acceptors (Lipinski definition) is 1. The van der Waals surface area contributed by atoms with Crippen LogP contribution >= 0.6 is 0 Å². The zero-order chi connectivity index (χ0) is 9.56. The first-order valence-electron chi connectivity index (χ1n) is 5.50. The lowest BCUT2D eigenvalue weighted by molar-refractivity contribution is 0.339. The average Bonchev–Trinajstić information content (AvgIpc) is 2.49. The molecule has 0 aromatic heterocycles. The van der Waals surface area contributed by atoms with Crippen LogP contribution in [0.1, 0.15) is 41.0 Å². The van der Waals surface area contributed by atoms with E-state index in [9.17, 15) is 0 Å². The largest absolute Gasteiger partial charge is 0.303 e. The van der Waals surface area contributed by atoms with Crippen molar-refractivity contribution in [2.75, 3.05) is 19.6 Å². The first-order chi connectivity index (χ1) is 5.77. The van der Waals surface area contributed by atoms with E-state index in [2.05, 4.69) is 25.7 Å². The molecule has 1 nitrogen and oxygen atoms in total. The predicted molar refractivity (Wildman–Crippen MR) is 56.4 cm³/mol. The number of hydrogen-bond donors (Lipinski definition) is 0.